The number of sulfonamides is 1. The van der Waals surface area contributed by atoms with Crippen molar-refractivity contribution in [1.82, 2.24) is 10.3 Å². The number of carbonyl (C=O) groups is 2. The third kappa shape index (κ3) is 5.18. The number of aromatic nitrogens is 1. The fourth-order valence-corrected chi connectivity index (χ4v) is 4.51. The Hall–Kier alpha value is -3.24. The van der Waals surface area contributed by atoms with Gasteiger partial charge in [0.05, 0.1) is 18.4 Å². The number of ether oxygens (including phenoxy) is 1. The van der Waals surface area contributed by atoms with Crippen molar-refractivity contribution < 1.29 is 22.7 Å². The summed E-state index contributed by atoms with van der Waals surface area (Å²) in [4.78, 5) is 28.1. The molecule has 0 bridgehead atoms. The maximum atomic E-state index is 12.5. The van der Waals surface area contributed by atoms with Crippen LogP contribution in [-0.4, -0.2) is 32.4 Å². The second-order valence-electron chi connectivity index (χ2n) is 5.85. The normalized spacial score (nSPS) is 10.9. The predicted octanol–water partition coefficient (Wildman–Crippen LogP) is 2.66. The molecule has 0 spiro atoms. The Labute approximate surface area is 171 Å². The van der Waals surface area contributed by atoms with E-state index in [0.717, 1.165) is 11.3 Å². The van der Waals surface area contributed by atoms with Crippen LogP contribution >= 0.6 is 11.3 Å². The maximum absolute atomic E-state index is 12.5. The van der Waals surface area contributed by atoms with Gasteiger partial charge in [-0.25, -0.2) is 13.2 Å². The summed E-state index contributed by atoms with van der Waals surface area (Å²) in [5.74, 6) is -1.02. The van der Waals surface area contributed by atoms with Crippen LogP contribution in [0.2, 0.25) is 0 Å². The van der Waals surface area contributed by atoms with Crippen molar-refractivity contribution in [3.05, 3.63) is 76.9 Å². The molecule has 2 N–H and O–H groups in total. The Bertz CT molecular complexity index is 1110. The van der Waals surface area contributed by atoms with E-state index in [1.807, 2.05) is 0 Å². The Morgan fingerprint density at radius 2 is 1.97 bits per heavy atom. The molecule has 0 fully saturated rings. The third-order valence-corrected chi connectivity index (χ3v) is 6.56. The summed E-state index contributed by atoms with van der Waals surface area (Å²) in [7, 11) is -2.56. The van der Waals surface area contributed by atoms with E-state index in [1.54, 1.807) is 29.6 Å². The van der Waals surface area contributed by atoms with Crippen molar-refractivity contribution in [1.29, 1.82) is 0 Å². The van der Waals surface area contributed by atoms with Gasteiger partial charge in [0.25, 0.3) is 15.9 Å². The zero-order chi connectivity index (χ0) is 20.9. The first-order valence-electron chi connectivity index (χ1n) is 8.37. The molecule has 10 heteroatoms. The molecule has 29 heavy (non-hydrogen) atoms. The Balaban J connectivity index is 1.84. The van der Waals surface area contributed by atoms with Crippen molar-refractivity contribution in [3.8, 4) is 0 Å². The number of methoxy groups -OCH3 is 1. The molecule has 0 aliphatic rings. The van der Waals surface area contributed by atoms with Crippen molar-refractivity contribution in [2.75, 3.05) is 11.8 Å². The van der Waals surface area contributed by atoms with Gasteiger partial charge in [0.15, 0.2) is 0 Å². The van der Waals surface area contributed by atoms with E-state index in [0.29, 0.717) is 5.56 Å². The maximum Gasteiger partial charge on any atom is 0.337 e. The highest BCUT2D eigenvalue weighted by atomic mass is 32.2. The summed E-state index contributed by atoms with van der Waals surface area (Å²) in [6.07, 6.45) is 1.50. The Morgan fingerprint density at radius 1 is 1.14 bits per heavy atom. The highest BCUT2D eigenvalue weighted by molar-refractivity contribution is 7.94. The lowest BCUT2D eigenvalue weighted by Crippen LogP contribution is -2.24. The van der Waals surface area contributed by atoms with Crippen molar-refractivity contribution in [2.45, 2.75) is 10.8 Å². The van der Waals surface area contributed by atoms with Gasteiger partial charge in [0, 0.05) is 12.7 Å². The summed E-state index contributed by atoms with van der Waals surface area (Å²) in [6.45, 7) is 0.0635. The molecule has 3 rings (SSSR count). The molecule has 0 radical (unpaired) electrons. The van der Waals surface area contributed by atoms with E-state index in [4.69, 9.17) is 4.74 Å². The lowest BCUT2D eigenvalue weighted by Gasteiger charge is -2.12. The number of anilines is 1. The zero-order valence-electron chi connectivity index (χ0n) is 15.3. The monoisotopic (exact) mass is 431 g/mol. The molecule has 0 atom stereocenters. The summed E-state index contributed by atoms with van der Waals surface area (Å²) in [5.41, 5.74) is 1.10. The molecule has 8 nitrogen and oxygen atoms in total. The lowest BCUT2D eigenvalue weighted by atomic mass is 10.1. The van der Waals surface area contributed by atoms with Crippen LogP contribution in [0.3, 0.4) is 0 Å². The Kier molecular flexibility index (Phi) is 6.25. The van der Waals surface area contributed by atoms with Gasteiger partial charge in [-0.2, -0.15) is 0 Å². The number of nitrogens with zero attached hydrogens (tertiary/aromatic N) is 1. The molecule has 0 saturated carbocycles. The number of rotatable bonds is 7. The van der Waals surface area contributed by atoms with Crippen molar-refractivity contribution in [2.24, 2.45) is 0 Å². The van der Waals surface area contributed by atoms with E-state index >= 15 is 0 Å². The minimum atomic E-state index is -3.79. The number of thiophene rings is 1. The van der Waals surface area contributed by atoms with Crippen molar-refractivity contribution >= 4 is 38.9 Å². The summed E-state index contributed by atoms with van der Waals surface area (Å²) >= 11 is 1.07. The topological polar surface area (TPSA) is 114 Å². The molecule has 2 heterocycles. The fraction of sp³-hybridized carbons (Fsp3) is 0.105. The first-order chi connectivity index (χ1) is 13.9. The predicted molar refractivity (Wildman–Crippen MR) is 108 cm³/mol. The van der Waals surface area contributed by atoms with Gasteiger partial charge in [-0.1, -0.05) is 12.1 Å². The number of hydrogen-bond acceptors (Lipinski definition) is 7. The molecule has 0 aliphatic carbocycles. The second kappa shape index (κ2) is 8.84. The van der Waals surface area contributed by atoms with E-state index in [9.17, 15) is 18.0 Å². The number of amides is 1. The Morgan fingerprint density at radius 3 is 2.62 bits per heavy atom. The van der Waals surface area contributed by atoms with Crippen LogP contribution < -0.4 is 10.0 Å². The molecule has 3 aromatic rings. The molecular weight excluding hydrogens is 414 g/mol. The number of nitrogens with one attached hydrogen (secondary N) is 2. The molecular formula is C19H17N3O5S2. The average Bonchev–Trinajstić information content (AvgIpc) is 3.27. The quantitative estimate of drug-likeness (QED) is 0.556. The van der Waals surface area contributed by atoms with Crippen molar-refractivity contribution in [3.63, 3.8) is 0 Å². The van der Waals surface area contributed by atoms with Gasteiger partial charge in [-0.3, -0.25) is 14.5 Å². The smallest absolute Gasteiger partial charge is 0.337 e. The molecule has 2 aromatic heterocycles. The largest absolute Gasteiger partial charge is 0.465 e. The van der Waals surface area contributed by atoms with Crippen LogP contribution in [0.5, 0.6) is 0 Å². The minimum absolute atomic E-state index is 0.0635. The second-order valence-corrected chi connectivity index (χ2v) is 8.70. The van der Waals surface area contributed by atoms with Gasteiger partial charge >= 0.3 is 5.97 Å². The number of carbonyl (C=O) groups excluding carboxylic acids is 2. The van der Waals surface area contributed by atoms with Crippen LogP contribution in [0.4, 0.5) is 5.69 Å². The zero-order valence-corrected chi connectivity index (χ0v) is 16.9. The number of benzene rings is 1. The average molecular weight is 431 g/mol. The third-order valence-electron chi connectivity index (χ3n) is 3.78. The first-order valence-corrected chi connectivity index (χ1v) is 10.7. The molecule has 0 unspecified atom stereocenters. The standard InChI is InChI=1S/C19H17N3O5S2/c1-27-19(24)14-9-13(12-21-18(23)16-5-2-3-7-20-16)10-15(11-14)22-29(25,26)17-6-4-8-28-17/h2-11,22H,12H2,1H3,(H,21,23). The SMILES string of the molecule is COC(=O)c1cc(CNC(=O)c2ccccn2)cc(NS(=O)(=O)c2cccs2)c1. The number of esters is 1. The highest BCUT2D eigenvalue weighted by Crippen LogP contribution is 2.22. The molecule has 150 valence electrons. The molecule has 0 aliphatic heterocycles. The summed E-state index contributed by atoms with van der Waals surface area (Å²) < 4.78 is 32.3. The summed E-state index contributed by atoms with van der Waals surface area (Å²) in [5, 5.41) is 4.34. The number of hydrogen-bond donors (Lipinski definition) is 2. The molecule has 0 saturated heterocycles. The van der Waals surface area contributed by atoms with Crippen LogP contribution in [0.15, 0.2) is 64.3 Å². The van der Waals surface area contributed by atoms with Crippen LogP contribution in [0, 0.1) is 0 Å². The number of pyridine rings is 1. The fourth-order valence-electron chi connectivity index (χ4n) is 2.48. The van der Waals surface area contributed by atoms with E-state index in [2.05, 4.69) is 15.0 Å². The van der Waals surface area contributed by atoms with Gasteiger partial charge in [0.2, 0.25) is 0 Å². The van der Waals surface area contributed by atoms with Gasteiger partial charge in [-0.15, -0.1) is 11.3 Å². The minimum Gasteiger partial charge on any atom is -0.465 e. The van der Waals surface area contributed by atoms with Gasteiger partial charge in [0.1, 0.15) is 9.90 Å². The van der Waals surface area contributed by atoms with Crippen LogP contribution in [0.1, 0.15) is 26.4 Å². The van der Waals surface area contributed by atoms with E-state index in [1.165, 1.54) is 37.6 Å². The highest BCUT2D eigenvalue weighted by Gasteiger charge is 2.17. The van der Waals surface area contributed by atoms with Crippen LogP contribution in [0.25, 0.3) is 0 Å². The lowest BCUT2D eigenvalue weighted by molar-refractivity contribution is 0.0600. The summed E-state index contributed by atoms with van der Waals surface area (Å²) in [6, 6.07) is 12.5. The molecule has 1 aromatic carbocycles. The first kappa shape index (κ1) is 20.5. The van der Waals surface area contributed by atoms with E-state index < -0.39 is 21.9 Å². The van der Waals surface area contributed by atoms with E-state index in [-0.39, 0.29) is 27.7 Å². The van der Waals surface area contributed by atoms with Gasteiger partial charge < -0.3 is 10.1 Å². The van der Waals surface area contributed by atoms with Crippen LogP contribution in [-0.2, 0) is 21.3 Å². The van der Waals surface area contributed by atoms with Gasteiger partial charge in [-0.05, 0) is 47.3 Å². The molecule has 1 amide bonds.